The van der Waals surface area contributed by atoms with Gasteiger partial charge in [0.05, 0.1) is 0 Å². The van der Waals surface area contributed by atoms with E-state index in [1.807, 2.05) is 0 Å². The van der Waals surface area contributed by atoms with Crippen LogP contribution in [-0.4, -0.2) is 4.89 Å². The molecule has 1 N–H and O–H groups in total. The minimum absolute atomic E-state index is 0. The van der Waals surface area contributed by atoms with Crippen LogP contribution < -0.4 is 0 Å². The zero-order valence-electron chi connectivity index (χ0n) is 2.01. The van der Waals surface area contributed by atoms with Crippen molar-refractivity contribution in [3.05, 3.63) is 0 Å². The van der Waals surface area contributed by atoms with E-state index in [0.717, 1.165) is 0 Å². The predicted molar refractivity (Wildman–Crippen MR) is 12.6 cm³/mol. The van der Waals surface area contributed by atoms with Gasteiger partial charge in [0.2, 0.25) is 0 Å². The molecule has 4 heteroatoms. The van der Waals surface area contributed by atoms with Gasteiger partial charge in [0.15, 0.2) is 8.69 Å². The van der Waals surface area contributed by atoms with Crippen molar-refractivity contribution >= 4 is 8.69 Å². The quantitative estimate of drug-likeness (QED) is 0.551. The Morgan fingerprint density at radius 3 is 1.75 bits per heavy atom. The second kappa shape index (κ2) is 8.82. The minimum Gasteiger partial charge on any atom is -0.348 e. The van der Waals surface area contributed by atoms with Crippen LogP contribution in [0.4, 0.5) is 0 Å². The molecule has 0 aromatic rings. The van der Waals surface area contributed by atoms with Crippen molar-refractivity contribution in [3.63, 3.8) is 0 Å². The van der Waals surface area contributed by atoms with Gasteiger partial charge < -0.3 is 4.89 Å². The molecule has 0 aromatic carbocycles. The third-order valence-electron chi connectivity index (χ3n) is 0. The Morgan fingerprint density at radius 2 is 1.75 bits per heavy atom. The van der Waals surface area contributed by atoms with Crippen molar-refractivity contribution < 1.29 is 50.8 Å². The van der Waals surface area contributed by atoms with Crippen LogP contribution in [0.15, 0.2) is 0 Å². The summed E-state index contributed by atoms with van der Waals surface area (Å²) in [4.78, 5) is 7.10. The standard InChI is InChI=1S/H3O2P.Pr/c1-3-2;/h3H2,(H,1,2);. The van der Waals surface area contributed by atoms with Gasteiger partial charge in [0, 0.05) is 41.3 Å². The van der Waals surface area contributed by atoms with Gasteiger partial charge in [-0.1, -0.05) is 0 Å². The van der Waals surface area contributed by atoms with Gasteiger partial charge in [-0.15, -0.1) is 0 Å². The maximum atomic E-state index is 8.57. The molecule has 0 aliphatic rings. The van der Waals surface area contributed by atoms with Crippen LogP contribution in [-0.2, 0) is 4.57 Å². The first kappa shape index (κ1) is 9.12. The molecule has 1 atom stereocenters. The third kappa shape index (κ3) is 9.60. The molecule has 0 aliphatic carbocycles. The van der Waals surface area contributed by atoms with Gasteiger partial charge in [-0.25, -0.2) is 0 Å². The SMILES string of the molecule is O=[PH2]O.[Pr]. The first-order valence-corrected chi connectivity index (χ1v) is 1.48. The van der Waals surface area contributed by atoms with Crippen LogP contribution in [0.25, 0.3) is 0 Å². The van der Waals surface area contributed by atoms with E-state index in [-0.39, 0.29) is 41.3 Å². The van der Waals surface area contributed by atoms with Gasteiger partial charge in [-0.2, -0.15) is 0 Å². The number of hydrogen-bond donors (Lipinski definition) is 1. The van der Waals surface area contributed by atoms with Crippen LogP contribution >= 0.6 is 8.69 Å². The Bertz CT molecular complexity index is 13.5. The molecule has 0 bridgehead atoms. The molecule has 0 aliphatic heterocycles. The first-order valence-electron chi connectivity index (χ1n) is 0.494. The second-order valence-electron chi connectivity index (χ2n) is 0.105. The molecule has 1 radical (unpaired) electrons. The van der Waals surface area contributed by atoms with Crippen LogP contribution in [0.3, 0.4) is 0 Å². The molecule has 23 valence electrons. The van der Waals surface area contributed by atoms with Crippen LogP contribution in [0.5, 0.6) is 0 Å². The summed E-state index contributed by atoms with van der Waals surface area (Å²) in [7, 11) is -1.50. The number of rotatable bonds is 0. The number of hydrogen-bond acceptors (Lipinski definition) is 1. The minimum atomic E-state index is -1.50. The first-order chi connectivity index (χ1) is 1.41. The fraction of sp³-hybridized carbons (Fsp3) is 0. The Balaban J connectivity index is 0. The molecule has 0 aromatic heterocycles. The molecule has 0 saturated heterocycles. The predicted octanol–water partition coefficient (Wildman–Crippen LogP) is -0.350. The van der Waals surface area contributed by atoms with E-state index in [1.54, 1.807) is 0 Å². The fourth-order valence-corrected chi connectivity index (χ4v) is 0. The van der Waals surface area contributed by atoms with E-state index in [2.05, 4.69) is 0 Å². The molecule has 0 saturated carbocycles. The summed E-state index contributed by atoms with van der Waals surface area (Å²) in [6.45, 7) is 0. The van der Waals surface area contributed by atoms with E-state index in [4.69, 9.17) is 9.46 Å². The average Bonchev–Trinajstić information content (AvgIpc) is 0.918. The van der Waals surface area contributed by atoms with Crippen molar-refractivity contribution in [2.45, 2.75) is 0 Å². The van der Waals surface area contributed by atoms with E-state index in [9.17, 15) is 0 Å². The Hall–Kier alpha value is 1.55. The van der Waals surface area contributed by atoms with E-state index >= 15 is 0 Å². The molecule has 0 spiro atoms. The summed E-state index contributed by atoms with van der Waals surface area (Å²) in [6, 6.07) is 0. The molecular weight excluding hydrogens is 204 g/mol. The van der Waals surface area contributed by atoms with E-state index < -0.39 is 8.69 Å². The molecular formula is H3O2PPr. The van der Waals surface area contributed by atoms with Crippen LogP contribution in [0.1, 0.15) is 0 Å². The maximum Gasteiger partial charge on any atom is 0.177 e. The van der Waals surface area contributed by atoms with Crippen LogP contribution in [0.2, 0.25) is 0 Å². The monoisotopic (exact) mass is 207 g/mol. The van der Waals surface area contributed by atoms with Crippen molar-refractivity contribution in [3.8, 4) is 0 Å². The van der Waals surface area contributed by atoms with E-state index in [1.165, 1.54) is 0 Å². The third-order valence-corrected chi connectivity index (χ3v) is 0. The van der Waals surface area contributed by atoms with Gasteiger partial charge in [-0.05, 0) is 0 Å². The molecule has 4 heavy (non-hydrogen) atoms. The zero-order chi connectivity index (χ0) is 2.71. The van der Waals surface area contributed by atoms with E-state index in [0.29, 0.717) is 0 Å². The maximum absolute atomic E-state index is 8.57. The summed E-state index contributed by atoms with van der Waals surface area (Å²) in [6.07, 6.45) is 0. The molecule has 0 heterocycles. The summed E-state index contributed by atoms with van der Waals surface area (Å²) < 4.78 is 8.57. The zero-order valence-corrected chi connectivity index (χ0v) is 6.87. The Kier molecular flexibility index (Phi) is 20.1. The summed E-state index contributed by atoms with van der Waals surface area (Å²) in [5.41, 5.74) is 0. The molecule has 0 amide bonds. The van der Waals surface area contributed by atoms with Crippen molar-refractivity contribution in [2.24, 2.45) is 0 Å². The Labute approximate surface area is 58.8 Å². The molecule has 0 fully saturated rings. The normalized spacial score (nSPS) is 7.25. The largest absolute Gasteiger partial charge is 0.348 e. The van der Waals surface area contributed by atoms with Gasteiger partial charge in [-0.3, -0.25) is 4.57 Å². The smallest absolute Gasteiger partial charge is 0.177 e. The summed E-state index contributed by atoms with van der Waals surface area (Å²) in [5, 5.41) is 0. The van der Waals surface area contributed by atoms with Crippen LogP contribution in [0, 0.1) is 41.3 Å². The topological polar surface area (TPSA) is 37.3 Å². The van der Waals surface area contributed by atoms with Gasteiger partial charge in [0.25, 0.3) is 0 Å². The molecule has 2 nitrogen and oxygen atoms in total. The fourth-order valence-electron chi connectivity index (χ4n) is 0. The van der Waals surface area contributed by atoms with Gasteiger partial charge in [0.1, 0.15) is 0 Å². The second-order valence-corrected chi connectivity index (χ2v) is 0.316. The van der Waals surface area contributed by atoms with Gasteiger partial charge >= 0.3 is 0 Å². The molecule has 1 unspecified atom stereocenters. The van der Waals surface area contributed by atoms with Crippen molar-refractivity contribution in [1.29, 1.82) is 0 Å². The summed E-state index contributed by atoms with van der Waals surface area (Å²) >= 11 is 0. The molecule has 0 rings (SSSR count). The summed E-state index contributed by atoms with van der Waals surface area (Å²) in [5.74, 6) is 0. The van der Waals surface area contributed by atoms with Crippen molar-refractivity contribution in [2.75, 3.05) is 0 Å². The average molecular weight is 207 g/mol. The Morgan fingerprint density at radius 1 is 1.75 bits per heavy atom. The van der Waals surface area contributed by atoms with Crippen molar-refractivity contribution in [1.82, 2.24) is 0 Å².